The van der Waals surface area contributed by atoms with Crippen LogP contribution < -0.4 is 10.6 Å². The Bertz CT molecular complexity index is 1930. The van der Waals surface area contributed by atoms with E-state index in [1.165, 1.54) is 15.7 Å². The number of nitrogens with one attached hydrogen (secondary N) is 2. The lowest BCUT2D eigenvalue weighted by Gasteiger charge is -2.30. The number of nitrogens with zero attached hydrogens (tertiary/aromatic N) is 7. The molecule has 0 saturated carbocycles. The third kappa shape index (κ3) is 5.58. The molecule has 3 fully saturated rings. The summed E-state index contributed by atoms with van der Waals surface area (Å²) >= 11 is 0. The smallest absolute Gasteiger partial charge is 0.264 e. The SMILES string of the molecule is [B]P1(=O)OC[C@H]2O[C@@H](n3nc4c5c(ncnc53)NCCC4)C(F)[C@H]2OP([B])(=O)OC[C@H]2O[C@@H](n3nc4c5c(ccnc53)NCCC4)[C@@H](O)C2O1. The molecule has 3 saturated heterocycles. The normalized spacial score (nSPS) is 37.5. The lowest BCUT2D eigenvalue weighted by molar-refractivity contribution is -0.0601. The van der Waals surface area contributed by atoms with Crippen molar-refractivity contribution in [2.75, 3.05) is 36.9 Å². The number of pyridine rings is 1. The van der Waals surface area contributed by atoms with Crippen LogP contribution >= 0.6 is 14.9 Å². The van der Waals surface area contributed by atoms with E-state index in [0.717, 1.165) is 36.2 Å². The van der Waals surface area contributed by atoms with Gasteiger partial charge in [0.2, 0.25) is 15.1 Å². The number of fused-ring (bicyclic) bond motifs is 2. The van der Waals surface area contributed by atoms with Crippen molar-refractivity contribution in [2.24, 2.45) is 0 Å². The molecule has 4 aromatic rings. The predicted octanol–water partition coefficient (Wildman–Crippen LogP) is 1.85. The minimum atomic E-state index is -4.55. The Morgan fingerprint density at radius 2 is 1.46 bits per heavy atom. The maximum Gasteiger partial charge on any atom is 0.264 e. The highest BCUT2D eigenvalue weighted by molar-refractivity contribution is 7.79. The highest BCUT2D eigenvalue weighted by atomic mass is 31.2. The number of aromatic nitrogens is 7. The molecule has 5 aliphatic heterocycles. The molecule has 50 heavy (non-hydrogen) atoms. The largest absolute Gasteiger partial charge is 0.385 e. The molecule has 3 N–H and O–H groups in total. The Balaban J connectivity index is 1.00. The van der Waals surface area contributed by atoms with E-state index in [9.17, 15) is 14.2 Å². The summed E-state index contributed by atoms with van der Waals surface area (Å²) in [6.45, 7) is 0.188. The lowest BCUT2D eigenvalue weighted by Crippen LogP contribution is -2.38. The number of aryl methyl sites for hydroxylation is 2. The molecule has 0 bridgehead atoms. The molecular weight excluding hydrogens is 697 g/mol. The third-order valence-electron chi connectivity index (χ3n) is 9.45. The van der Waals surface area contributed by atoms with Crippen LogP contribution in [0.1, 0.15) is 36.7 Å². The summed E-state index contributed by atoms with van der Waals surface area (Å²) in [7, 11) is 2.95. The second kappa shape index (κ2) is 12.3. The van der Waals surface area contributed by atoms with Crippen LogP contribution in [-0.2, 0) is 49.5 Å². The van der Waals surface area contributed by atoms with Crippen LogP contribution in [0.15, 0.2) is 18.6 Å². The fraction of sp³-hybridized carbons (Fsp3) is 0.593. The second-order valence-corrected chi connectivity index (χ2v) is 15.8. The zero-order chi connectivity index (χ0) is 34.4. The molecule has 23 heteroatoms. The van der Waals surface area contributed by atoms with Crippen molar-refractivity contribution in [3.8, 4) is 0 Å². The number of hydrogen-bond donors (Lipinski definition) is 3. The number of anilines is 2. The first-order valence-corrected chi connectivity index (χ1v) is 19.4. The van der Waals surface area contributed by atoms with Crippen LogP contribution in [0.4, 0.5) is 15.9 Å². The summed E-state index contributed by atoms with van der Waals surface area (Å²) in [5, 5.41) is 28.7. The number of aliphatic hydroxyl groups excluding tert-OH is 1. The summed E-state index contributed by atoms with van der Waals surface area (Å²) in [5.74, 6) is 0.555. The minimum Gasteiger partial charge on any atom is -0.385 e. The Labute approximate surface area is 285 Å². The van der Waals surface area contributed by atoms with Gasteiger partial charge in [0.15, 0.2) is 29.9 Å². The Hall–Kier alpha value is -2.99. The van der Waals surface area contributed by atoms with Gasteiger partial charge in [0.25, 0.3) is 14.9 Å². The van der Waals surface area contributed by atoms with Gasteiger partial charge in [-0.1, -0.05) is 0 Å². The highest BCUT2D eigenvalue weighted by Gasteiger charge is 2.53. The van der Waals surface area contributed by atoms with E-state index >= 15 is 4.39 Å². The number of halogens is 1. The molecule has 4 aromatic heterocycles. The lowest BCUT2D eigenvalue weighted by atomic mass is 10.1. The molecule has 18 nitrogen and oxygen atoms in total. The van der Waals surface area contributed by atoms with E-state index in [-0.39, 0.29) is 0 Å². The van der Waals surface area contributed by atoms with Gasteiger partial charge >= 0.3 is 0 Å². The molecule has 0 aromatic carbocycles. The number of hydrogen-bond acceptors (Lipinski definition) is 16. The van der Waals surface area contributed by atoms with E-state index in [1.54, 1.807) is 6.20 Å². The van der Waals surface area contributed by atoms with Crippen molar-refractivity contribution in [3.05, 3.63) is 30.0 Å². The van der Waals surface area contributed by atoms with Gasteiger partial charge in [-0.2, -0.15) is 10.2 Å². The van der Waals surface area contributed by atoms with Crippen LogP contribution in [0.3, 0.4) is 0 Å². The first-order chi connectivity index (χ1) is 24.1. The third-order valence-corrected chi connectivity index (χ3v) is 11.5. The summed E-state index contributed by atoms with van der Waals surface area (Å²) in [6.07, 6.45) is -6.22. The monoisotopic (exact) mass is 727 g/mol. The average Bonchev–Trinajstić information content (AvgIpc) is 3.71. The zero-order valence-corrected chi connectivity index (χ0v) is 28.1. The van der Waals surface area contributed by atoms with E-state index in [2.05, 4.69) is 35.8 Å². The van der Waals surface area contributed by atoms with E-state index < -0.39 is 77.3 Å². The Morgan fingerprint density at radius 3 is 2.22 bits per heavy atom. The van der Waals surface area contributed by atoms with Crippen LogP contribution in [0, 0.1) is 0 Å². The molecule has 9 rings (SSSR count). The highest BCUT2D eigenvalue weighted by Crippen LogP contribution is 2.54. The summed E-state index contributed by atoms with van der Waals surface area (Å²) in [5.41, 5.74) is 2.95. The van der Waals surface area contributed by atoms with Gasteiger partial charge in [0.1, 0.15) is 42.7 Å². The predicted molar refractivity (Wildman–Crippen MR) is 174 cm³/mol. The molecule has 0 aliphatic carbocycles. The first kappa shape index (κ1) is 32.9. The summed E-state index contributed by atoms with van der Waals surface area (Å²) < 4.78 is 80.5. The maximum absolute atomic E-state index is 16.4. The van der Waals surface area contributed by atoms with Gasteiger partial charge in [0, 0.05) is 25.0 Å². The van der Waals surface area contributed by atoms with Crippen LogP contribution in [-0.4, -0.2) is 118 Å². The minimum absolute atomic E-state index is 0.302. The molecule has 10 atom stereocenters. The van der Waals surface area contributed by atoms with Gasteiger partial charge < -0.3 is 43.3 Å². The summed E-state index contributed by atoms with van der Waals surface area (Å²) in [4.78, 5) is 13.1. The summed E-state index contributed by atoms with van der Waals surface area (Å²) in [6, 6.07) is 1.83. The molecule has 5 aliphatic rings. The van der Waals surface area contributed by atoms with E-state index in [4.69, 9.17) is 42.7 Å². The number of alkyl halides is 1. The topological polar surface area (TPSA) is 208 Å². The average molecular weight is 727 g/mol. The molecule has 4 radical (unpaired) electrons. The number of ether oxygens (including phenoxy) is 2. The van der Waals surface area contributed by atoms with Crippen molar-refractivity contribution in [1.82, 2.24) is 34.5 Å². The standard InChI is InChI=1S/C27H30B2FN9O9P2/c28-49(41)44-10-16-22(20(40)27(46-16)39-24-17-12(5-8-33-24)31-6-1-3-13(17)36-39)48-50(29,42)43-9-15-21(47-49)19(30)26(45-15)38-25-18-14(37-38)4-2-7-32-23(18)34-11-35-25/h5,8,11,15-16,19-22,26-27,31,40H,1-4,6-7,9-10H2,(H,32,34,35)/t15-,16-,19?,20+,21+,22?,26-,27-,49?,50?/m1/s1. The van der Waals surface area contributed by atoms with Gasteiger partial charge in [-0.15, -0.1) is 0 Å². The van der Waals surface area contributed by atoms with Gasteiger partial charge in [-0.3, -0.25) is 9.13 Å². The van der Waals surface area contributed by atoms with Crippen molar-refractivity contribution >= 4 is 63.7 Å². The number of aliphatic hydroxyl groups is 1. The first-order valence-electron chi connectivity index (χ1n) is 16.2. The molecule has 260 valence electrons. The maximum atomic E-state index is 16.4. The van der Waals surface area contributed by atoms with E-state index in [0.29, 0.717) is 47.6 Å². The fourth-order valence-electron chi connectivity index (χ4n) is 7.20. The van der Waals surface area contributed by atoms with Crippen molar-refractivity contribution < 1.29 is 46.2 Å². The van der Waals surface area contributed by atoms with Crippen LogP contribution in [0.25, 0.3) is 22.1 Å². The molecule has 0 amide bonds. The zero-order valence-electron chi connectivity index (χ0n) is 26.3. The Kier molecular flexibility index (Phi) is 8.10. The van der Waals surface area contributed by atoms with E-state index in [1.807, 2.05) is 6.07 Å². The van der Waals surface area contributed by atoms with Crippen molar-refractivity contribution in [2.45, 2.75) is 74.8 Å². The van der Waals surface area contributed by atoms with Gasteiger partial charge in [0.05, 0.1) is 35.4 Å². The van der Waals surface area contributed by atoms with Crippen LogP contribution in [0.5, 0.6) is 0 Å². The van der Waals surface area contributed by atoms with Gasteiger partial charge in [-0.25, -0.2) is 28.7 Å². The number of rotatable bonds is 2. The molecule has 4 unspecified atom stereocenters. The second-order valence-electron chi connectivity index (χ2n) is 12.7. The van der Waals surface area contributed by atoms with Crippen molar-refractivity contribution in [3.63, 3.8) is 0 Å². The molecular formula is C27H30B2FN9O9P2. The van der Waals surface area contributed by atoms with Crippen LogP contribution in [0.2, 0.25) is 0 Å². The quantitative estimate of drug-likeness (QED) is 0.199. The molecule has 0 spiro atoms. The van der Waals surface area contributed by atoms with Crippen molar-refractivity contribution in [1.29, 1.82) is 0 Å². The fourth-order valence-corrected chi connectivity index (χ4v) is 9.22. The Morgan fingerprint density at radius 1 is 0.840 bits per heavy atom. The van der Waals surface area contributed by atoms with Gasteiger partial charge in [-0.05, 0) is 31.7 Å². The molecule has 9 heterocycles.